The van der Waals surface area contributed by atoms with E-state index in [1.54, 1.807) is 0 Å². The van der Waals surface area contributed by atoms with Gasteiger partial charge in [-0.25, -0.2) is 0 Å². The van der Waals surface area contributed by atoms with Gasteiger partial charge in [0.1, 0.15) is 0 Å². The quantitative estimate of drug-likeness (QED) is 0.690. The van der Waals surface area contributed by atoms with E-state index < -0.39 is 0 Å². The normalized spacial score (nSPS) is 39.9. The molecule has 1 aliphatic heterocycles. The van der Waals surface area contributed by atoms with E-state index in [4.69, 9.17) is 0 Å². The van der Waals surface area contributed by atoms with Gasteiger partial charge in [-0.3, -0.25) is 0 Å². The minimum absolute atomic E-state index is 0.734. The van der Waals surface area contributed by atoms with E-state index in [1.165, 1.54) is 58.0 Å². The van der Waals surface area contributed by atoms with Gasteiger partial charge in [0, 0.05) is 6.54 Å². The topological polar surface area (TPSA) is 12.0 Å². The summed E-state index contributed by atoms with van der Waals surface area (Å²) in [6.07, 6.45) is 10.3. The fourth-order valence-corrected chi connectivity index (χ4v) is 3.42. The highest BCUT2D eigenvalue weighted by Gasteiger charge is 2.37. The molecular formula is C12H23N. The van der Waals surface area contributed by atoms with Crippen molar-refractivity contribution >= 4 is 0 Å². The molecule has 13 heavy (non-hydrogen) atoms. The van der Waals surface area contributed by atoms with Crippen molar-refractivity contribution in [1.29, 1.82) is 0 Å². The van der Waals surface area contributed by atoms with Gasteiger partial charge in [-0.15, -0.1) is 0 Å². The lowest BCUT2D eigenvalue weighted by atomic mass is 9.68. The maximum Gasteiger partial charge on any atom is 0.000839 e. The fraction of sp³-hybridized carbons (Fsp3) is 1.00. The second-order valence-electron chi connectivity index (χ2n) is 5.18. The summed E-state index contributed by atoms with van der Waals surface area (Å²) in [6.45, 7) is 4.92. The first-order valence-corrected chi connectivity index (χ1v) is 6.05. The van der Waals surface area contributed by atoms with Gasteiger partial charge in [0.25, 0.3) is 0 Å². The number of hydrogen-bond acceptors (Lipinski definition) is 1. The maximum atomic E-state index is 3.55. The van der Waals surface area contributed by atoms with Crippen molar-refractivity contribution in [2.75, 3.05) is 13.1 Å². The van der Waals surface area contributed by atoms with Crippen LogP contribution in [0, 0.1) is 11.3 Å². The van der Waals surface area contributed by atoms with Crippen molar-refractivity contribution < 1.29 is 0 Å². The number of nitrogens with one attached hydrogen (secondary N) is 1. The van der Waals surface area contributed by atoms with E-state index in [0.29, 0.717) is 0 Å². The minimum atomic E-state index is 0.734. The van der Waals surface area contributed by atoms with E-state index >= 15 is 0 Å². The predicted octanol–water partition coefficient (Wildman–Crippen LogP) is 2.96. The molecule has 1 saturated carbocycles. The number of hydrogen-bond donors (Lipinski definition) is 1. The van der Waals surface area contributed by atoms with Crippen LogP contribution in [0.25, 0.3) is 0 Å². The maximum absolute atomic E-state index is 3.55. The molecule has 1 spiro atoms. The van der Waals surface area contributed by atoms with Gasteiger partial charge in [-0.05, 0) is 37.1 Å². The van der Waals surface area contributed by atoms with Gasteiger partial charge in [0.05, 0.1) is 0 Å². The molecule has 0 aromatic carbocycles. The molecular weight excluding hydrogens is 158 g/mol. The number of rotatable bonds is 2. The lowest BCUT2D eigenvalue weighted by Gasteiger charge is -2.37. The van der Waals surface area contributed by atoms with Crippen LogP contribution in [0.3, 0.4) is 0 Å². The lowest BCUT2D eigenvalue weighted by Crippen LogP contribution is -2.30. The van der Waals surface area contributed by atoms with Gasteiger partial charge in [0.2, 0.25) is 0 Å². The zero-order valence-electron chi connectivity index (χ0n) is 8.94. The fourth-order valence-electron chi connectivity index (χ4n) is 3.42. The van der Waals surface area contributed by atoms with Crippen LogP contribution < -0.4 is 5.32 Å². The Bertz CT molecular complexity index is 157. The summed E-state index contributed by atoms with van der Waals surface area (Å²) < 4.78 is 0. The van der Waals surface area contributed by atoms with Crippen molar-refractivity contribution in [3.05, 3.63) is 0 Å². The van der Waals surface area contributed by atoms with Gasteiger partial charge in [0.15, 0.2) is 0 Å². The Balaban J connectivity index is 1.90. The highest BCUT2D eigenvalue weighted by molar-refractivity contribution is 4.92. The average molecular weight is 181 g/mol. The third-order valence-corrected chi connectivity index (χ3v) is 4.07. The van der Waals surface area contributed by atoms with E-state index in [2.05, 4.69) is 12.2 Å². The van der Waals surface area contributed by atoms with E-state index in [-0.39, 0.29) is 0 Å². The first-order valence-electron chi connectivity index (χ1n) is 6.05. The van der Waals surface area contributed by atoms with Crippen LogP contribution in [-0.4, -0.2) is 13.1 Å². The Kier molecular flexibility index (Phi) is 2.92. The van der Waals surface area contributed by atoms with Crippen molar-refractivity contribution in [3.8, 4) is 0 Å². The lowest BCUT2D eigenvalue weighted by molar-refractivity contribution is 0.152. The van der Waals surface area contributed by atoms with Gasteiger partial charge in [-0.2, -0.15) is 0 Å². The minimum Gasteiger partial charge on any atom is -0.316 e. The molecule has 2 rings (SSSR count). The zero-order valence-corrected chi connectivity index (χ0v) is 8.94. The molecule has 0 bridgehead atoms. The monoisotopic (exact) mass is 181 g/mol. The molecule has 1 heteroatoms. The van der Waals surface area contributed by atoms with Crippen molar-refractivity contribution in [2.24, 2.45) is 11.3 Å². The summed E-state index contributed by atoms with van der Waals surface area (Å²) in [4.78, 5) is 0. The van der Waals surface area contributed by atoms with Crippen LogP contribution in [0.15, 0.2) is 0 Å². The first kappa shape index (κ1) is 9.51. The average Bonchev–Trinajstić information content (AvgIpc) is 2.54. The van der Waals surface area contributed by atoms with E-state index in [9.17, 15) is 0 Å². The van der Waals surface area contributed by atoms with Crippen molar-refractivity contribution in [3.63, 3.8) is 0 Å². The largest absolute Gasteiger partial charge is 0.316 e. The van der Waals surface area contributed by atoms with Crippen molar-refractivity contribution in [1.82, 2.24) is 5.32 Å². The van der Waals surface area contributed by atoms with Crippen LogP contribution in [0.2, 0.25) is 0 Å². The summed E-state index contributed by atoms with van der Waals surface area (Å²) in [5, 5.41) is 3.55. The second kappa shape index (κ2) is 4.00. The molecule has 0 aromatic heterocycles. The smallest absolute Gasteiger partial charge is 0.000839 e. The SMILES string of the molecule is CCCC1CCCC2(CCNC2)C1. The molecule has 0 aromatic rings. The molecule has 2 fully saturated rings. The van der Waals surface area contributed by atoms with Crippen molar-refractivity contribution in [2.45, 2.75) is 51.9 Å². The zero-order chi connectivity index (χ0) is 9.15. The van der Waals surface area contributed by atoms with Gasteiger partial charge >= 0.3 is 0 Å². The predicted molar refractivity (Wildman–Crippen MR) is 56.8 cm³/mol. The molecule has 2 unspecified atom stereocenters. The molecule has 0 amide bonds. The Morgan fingerprint density at radius 2 is 2.31 bits per heavy atom. The summed E-state index contributed by atoms with van der Waals surface area (Å²) in [6, 6.07) is 0. The van der Waals surface area contributed by atoms with Crippen LogP contribution in [-0.2, 0) is 0 Å². The summed E-state index contributed by atoms with van der Waals surface area (Å²) in [5.41, 5.74) is 0.734. The Hall–Kier alpha value is -0.0400. The first-order chi connectivity index (χ1) is 6.35. The van der Waals surface area contributed by atoms with Gasteiger partial charge in [-0.1, -0.05) is 32.6 Å². The van der Waals surface area contributed by atoms with E-state index in [1.807, 2.05) is 0 Å². The van der Waals surface area contributed by atoms with Crippen LogP contribution >= 0.6 is 0 Å². The third-order valence-electron chi connectivity index (χ3n) is 4.07. The molecule has 1 saturated heterocycles. The molecule has 1 aliphatic carbocycles. The van der Waals surface area contributed by atoms with Crippen LogP contribution in [0.5, 0.6) is 0 Å². The van der Waals surface area contributed by atoms with Crippen LogP contribution in [0.4, 0.5) is 0 Å². The highest BCUT2D eigenvalue weighted by atomic mass is 14.9. The Labute approximate surface area is 82.3 Å². The van der Waals surface area contributed by atoms with Gasteiger partial charge < -0.3 is 5.32 Å². The Morgan fingerprint density at radius 1 is 1.38 bits per heavy atom. The summed E-state index contributed by atoms with van der Waals surface area (Å²) >= 11 is 0. The molecule has 76 valence electrons. The molecule has 1 N–H and O–H groups in total. The summed E-state index contributed by atoms with van der Waals surface area (Å²) in [5.74, 6) is 1.05. The molecule has 1 nitrogen and oxygen atoms in total. The third kappa shape index (κ3) is 2.07. The molecule has 2 atom stereocenters. The standard InChI is InChI=1S/C12H23N/c1-2-4-11-5-3-6-12(9-11)7-8-13-10-12/h11,13H,2-10H2,1H3. The second-order valence-corrected chi connectivity index (χ2v) is 5.18. The highest BCUT2D eigenvalue weighted by Crippen LogP contribution is 2.44. The summed E-state index contributed by atoms with van der Waals surface area (Å²) in [7, 11) is 0. The molecule has 2 aliphatic rings. The molecule has 0 radical (unpaired) electrons. The molecule has 1 heterocycles. The Morgan fingerprint density at radius 3 is 3.00 bits per heavy atom. The van der Waals surface area contributed by atoms with E-state index in [0.717, 1.165) is 11.3 Å². The van der Waals surface area contributed by atoms with Crippen LogP contribution in [0.1, 0.15) is 51.9 Å².